The van der Waals surface area contributed by atoms with Gasteiger partial charge in [-0.05, 0) is 41.5 Å². The van der Waals surface area contributed by atoms with Crippen LogP contribution in [-0.4, -0.2) is 13.9 Å². The van der Waals surface area contributed by atoms with Crippen LogP contribution in [0.1, 0.15) is 31.1 Å². The molecule has 3 heteroatoms. The van der Waals surface area contributed by atoms with Gasteiger partial charge in [0.1, 0.15) is 8.07 Å². The Hall–Kier alpha value is -1.30. The summed E-state index contributed by atoms with van der Waals surface area (Å²) in [4.78, 5) is 11.9. The van der Waals surface area contributed by atoms with Crippen molar-refractivity contribution < 1.29 is 4.79 Å². The molecule has 0 heterocycles. The molecule has 0 saturated heterocycles. The zero-order valence-corrected chi connectivity index (χ0v) is 14.5. The Labute approximate surface area is 128 Å². The van der Waals surface area contributed by atoms with Gasteiger partial charge in [0.05, 0.1) is 0 Å². The van der Waals surface area contributed by atoms with Crippen LogP contribution in [0, 0.1) is 11.5 Å². The fraction of sp³-hybridized carbons (Fsp3) is 0.353. The van der Waals surface area contributed by atoms with E-state index in [9.17, 15) is 4.79 Å². The van der Waals surface area contributed by atoms with Gasteiger partial charge in [0, 0.05) is 10.6 Å². The molecule has 20 heavy (non-hydrogen) atoms. The highest BCUT2D eigenvalue weighted by Crippen LogP contribution is 2.35. The van der Waals surface area contributed by atoms with Gasteiger partial charge < -0.3 is 0 Å². The van der Waals surface area contributed by atoms with Crippen molar-refractivity contribution in [2.24, 2.45) is 0 Å². The van der Waals surface area contributed by atoms with Crippen LogP contribution >= 0.6 is 11.6 Å². The smallest absolute Gasteiger partial charge is 0.186 e. The molecule has 0 N–H and O–H groups in total. The monoisotopic (exact) mass is 304 g/mol. The van der Waals surface area contributed by atoms with Crippen molar-refractivity contribution in [3.8, 4) is 11.5 Å². The molecule has 0 radical (unpaired) electrons. The van der Waals surface area contributed by atoms with Crippen LogP contribution in [0.15, 0.2) is 36.4 Å². The second-order valence-electron chi connectivity index (χ2n) is 6.35. The van der Waals surface area contributed by atoms with Gasteiger partial charge in [0.15, 0.2) is 5.78 Å². The largest absolute Gasteiger partial charge is 0.289 e. The number of hydrogen-bond donors (Lipinski definition) is 0. The zero-order valence-electron chi connectivity index (χ0n) is 12.8. The molecule has 1 aromatic rings. The summed E-state index contributed by atoms with van der Waals surface area (Å²) < 4.78 is 0. The number of halogens is 1. The van der Waals surface area contributed by atoms with E-state index in [0.717, 1.165) is 0 Å². The summed E-state index contributed by atoms with van der Waals surface area (Å²) in [5.74, 6) is 2.98. The van der Waals surface area contributed by atoms with E-state index in [0.29, 0.717) is 10.6 Å². The summed E-state index contributed by atoms with van der Waals surface area (Å²) in [7, 11) is -1.60. The normalized spacial score (nSPS) is 12.1. The molecule has 0 aromatic heterocycles. The van der Waals surface area contributed by atoms with Gasteiger partial charge in [0.2, 0.25) is 0 Å². The predicted molar refractivity (Wildman–Crippen MR) is 89.9 cm³/mol. The molecule has 0 spiro atoms. The Morgan fingerprint density at radius 2 is 1.75 bits per heavy atom. The van der Waals surface area contributed by atoms with Gasteiger partial charge in [-0.15, -0.1) is 5.54 Å². The van der Waals surface area contributed by atoms with E-state index in [4.69, 9.17) is 11.6 Å². The fourth-order valence-corrected chi connectivity index (χ4v) is 2.18. The lowest BCUT2D eigenvalue weighted by atomic mass is 10.1. The van der Waals surface area contributed by atoms with E-state index in [-0.39, 0.29) is 10.8 Å². The third-order valence-electron chi connectivity index (χ3n) is 3.71. The number of allylic oxidation sites excluding steroid dienone is 2. The Bertz CT molecular complexity index is 566. The third kappa shape index (κ3) is 4.66. The number of carbonyl (C=O) groups excluding carboxylic acids is 1. The first-order valence-electron chi connectivity index (χ1n) is 6.63. The van der Waals surface area contributed by atoms with Crippen molar-refractivity contribution in [1.29, 1.82) is 0 Å². The molecule has 0 aliphatic rings. The molecule has 106 valence electrons. The van der Waals surface area contributed by atoms with Gasteiger partial charge in [-0.1, -0.05) is 51.4 Å². The molecule has 0 aliphatic carbocycles. The summed E-state index contributed by atoms with van der Waals surface area (Å²) in [6.07, 6.45) is 3.17. The predicted octanol–water partition coefficient (Wildman–Crippen LogP) is 5.13. The number of rotatable bonds is 2. The van der Waals surface area contributed by atoms with Crippen molar-refractivity contribution in [3.63, 3.8) is 0 Å². The highest BCUT2D eigenvalue weighted by Gasteiger charge is 2.33. The molecule has 0 bridgehead atoms. The van der Waals surface area contributed by atoms with Gasteiger partial charge >= 0.3 is 0 Å². The fourth-order valence-electron chi connectivity index (χ4n) is 1.24. The maximum Gasteiger partial charge on any atom is 0.186 e. The van der Waals surface area contributed by atoms with Crippen LogP contribution in [0.5, 0.6) is 0 Å². The number of hydrogen-bond acceptors (Lipinski definition) is 1. The third-order valence-corrected chi connectivity index (χ3v) is 8.48. The average molecular weight is 305 g/mol. The topological polar surface area (TPSA) is 17.1 Å². The lowest BCUT2D eigenvalue weighted by Crippen LogP contribution is -2.35. The molecule has 0 atom stereocenters. The molecular formula is C17H21ClOSi. The maximum absolute atomic E-state index is 11.9. The van der Waals surface area contributed by atoms with E-state index in [1.54, 1.807) is 30.3 Å². The van der Waals surface area contributed by atoms with Crippen LogP contribution in [0.25, 0.3) is 0 Å². The first-order chi connectivity index (χ1) is 9.13. The minimum Gasteiger partial charge on any atom is -0.289 e. The first kappa shape index (κ1) is 16.8. The highest BCUT2D eigenvalue weighted by atomic mass is 35.5. The average Bonchev–Trinajstić information content (AvgIpc) is 2.34. The summed E-state index contributed by atoms with van der Waals surface area (Å²) >= 11 is 5.79. The van der Waals surface area contributed by atoms with Crippen molar-refractivity contribution in [1.82, 2.24) is 0 Å². The van der Waals surface area contributed by atoms with Crippen molar-refractivity contribution in [3.05, 3.63) is 47.0 Å². The van der Waals surface area contributed by atoms with Gasteiger partial charge in [-0.2, -0.15) is 0 Å². The van der Waals surface area contributed by atoms with Crippen molar-refractivity contribution >= 4 is 25.5 Å². The Balaban J connectivity index is 2.76. The van der Waals surface area contributed by atoms with Crippen LogP contribution in [-0.2, 0) is 0 Å². The van der Waals surface area contributed by atoms with Crippen LogP contribution < -0.4 is 0 Å². The molecule has 1 aromatic carbocycles. The van der Waals surface area contributed by atoms with Crippen LogP contribution in [0.3, 0.4) is 0 Å². The van der Waals surface area contributed by atoms with E-state index >= 15 is 0 Å². The summed E-state index contributed by atoms with van der Waals surface area (Å²) in [6.45, 7) is 11.1. The Morgan fingerprint density at radius 3 is 2.25 bits per heavy atom. The molecule has 0 unspecified atom stereocenters. The summed E-state index contributed by atoms with van der Waals surface area (Å²) in [6, 6.07) is 6.86. The number of ketones is 1. The van der Waals surface area contributed by atoms with Crippen LogP contribution in [0.4, 0.5) is 0 Å². The lowest BCUT2D eigenvalue weighted by molar-refractivity contribution is 0.104. The highest BCUT2D eigenvalue weighted by molar-refractivity contribution is 6.87. The number of benzene rings is 1. The number of carbonyl (C=O) groups is 1. The first-order valence-corrected chi connectivity index (χ1v) is 10.0. The van der Waals surface area contributed by atoms with E-state index in [1.165, 1.54) is 6.08 Å². The van der Waals surface area contributed by atoms with Gasteiger partial charge in [-0.25, -0.2) is 0 Å². The van der Waals surface area contributed by atoms with Crippen molar-refractivity contribution in [2.75, 3.05) is 0 Å². The Kier molecular flexibility index (Phi) is 5.39. The van der Waals surface area contributed by atoms with Crippen molar-refractivity contribution in [2.45, 2.75) is 38.9 Å². The lowest BCUT2D eigenvalue weighted by Gasteiger charge is -2.31. The van der Waals surface area contributed by atoms with Crippen LogP contribution in [0.2, 0.25) is 23.2 Å². The summed E-state index contributed by atoms with van der Waals surface area (Å²) in [5.41, 5.74) is 3.97. The molecule has 1 nitrogen and oxygen atoms in total. The molecule has 1 rings (SSSR count). The van der Waals surface area contributed by atoms with E-state index in [1.807, 2.05) is 0 Å². The molecule has 0 amide bonds. The quantitative estimate of drug-likeness (QED) is 0.320. The summed E-state index contributed by atoms with van der Waals surface area (Å²) in [5, 5.41) is 0.858. The second kappa shape index (κ2) is 6.43. The molecule has 0 saturated carbocycles. The standard InChI is InChI=1S/C17H21ClOSi/c1-17(2,3)20(4,5)13-7-6-8-16(19)14-9-11-15(18)12-10-14/h6,8-12H,1-5H3/b8-6-. The minimum atomic E-state index is -1.60. The Morgan fingerprint density at radius 1 is 1.20 bits per heavy atom. The molecule has 0 fully saturated rings. The molecular weight excluding hydrogens is 284 g/mol. The van der Waals surface area contributed by atoms with Gasteiger partial charge in [0.25, 0.3) is 0 Å². The minimum absolute atomic E-state index is 0.0498. The SMILES string of the molecule is CC(C)(C)[Si](C)(C)C#C/C=C\C(=O)c1ccc(Cl)cc1. The molecule has 0 aliphatic heterocycles. The van der Waals surface area contributed by atoms with E-state index < -0.39 is 8.07 Å². The van der Waals surface area contributed by atoms with Gasteiger partial charge in [-0.3, -0.25) is 4.79 Å². The van der Waals surface area contributed by atoms with E-state index in [2.05, 4.69) is 45.3 Å². The maximum atomic E-state index is 11.9. The second-order valence-corrected chi connectivity index (χ2v) is 11.8. The zero-order chi connectivity index (χ0) is 15.4.